The van der Waals surface area contributed by atoms with Crippen molar-refractivity contribution in [3.05, 3.63) is 88.4 Å². The normalized spacial score (nSPS) is 10.6. The fraction of sp³-hybridized carbons (Fsp3) is 0.280. The number of benzene rings is 3. The first kappa shape index (κ1) is 22.0. The van der Waals surface area contributed by atoms with E-state index >= 15 is 0 Å². The lowest BCUT2D eigenvalue weighted by Crippen LogP contribution is -2.14. The summed E-state index contributed by atoms with van der Waals surface area (Å²) >= 11 is 6.38. The van der Waals surface area contributed by atoms with Gasteiger partial charge in [-0.05, 0) is 36.1 Å². The number of halogens is 1. The first-order valence-electron chi connectivity index (χ1n) is 10.1. The second kappa shape index (κ2) is 11.5. The zero-order valence-corrected chi connectivity index (χ0v) is 18.2. The van der Waals surface area contributed by atoms with Crippen LogP contribution in [0.3, 0.4) is 0 Å². The van der Waals surface area contributed by atoms with Gasteiger partial charge in [0.1, 0.15) is 5.75 Å². The minimum Gasteiger partial charge on any atom is -0.493 e. The van der Waals surface area contributed by atoms with Gasteiger partial charge in [-0.3, -0.25) is 0 Å². The van der Waals surface area contributed by atoms with Crippen molar-refractivity contribution in [1.82, 2.24) is 5.32 Å². The molecule has 0 aliphatic carbocycles. The monoisotopic (exact) mass is 425 g/mol. The third-order valence-electron chi connectivity index (χ3n) is 4.87. The van der Waals surface area contributed by atoms with E-state index in [1.165, 1.54) is 5.56 Å². The van der Waals surface area contributed by atoms with Crippen molar-refractivity contribution in [2.24, 2.45) is 0 Å². The summed E-state index contributed by atoms with van der Waals surface area (Å²) in [4.78, 5) is 0. The summed E-state index contributed by atoms with van der Waals surface area (Å²) in [6.45, 7) is 1.98. The van der Waals surface area contributed by atoms with E-state index < -0.39 is 0 Å². The van der Waals surface area contributed by atoms with E-state index in [9.17, 15) is 0 Å². The van der Waals surface area contributed by atoms with Gasteiger partial charge >= 0.3 is 0 Å². The number of rotatable bonds is 11. The lowest BCUT2D eigenvalue weighted by molar-refractivity contribution is 0.307. The van der Waals surface area contributed by atoms with Crippen LogP contribution in [0.4, 0.5) is 0 Å². The van der Waals surface area contributed by atoms with Crippen LogP contribution in [0.2, 0.25) is 5.02 Å². The number of aryl methyl sites for hydroxylation is 1. The molecule has 0 aliphatic rings. The Morgan fingerprint density at radius 1 is 0.767 bits per heavy atom. The maximum absolute atomic E-state index is 6.38. The van der Waals surface area contributed by atoms with Gasteiger partial charge in [0.2, 0.25) is 0 Å². The van der Waals surface area contributed by atoms with Gasteiger partial charge in [-0.25, -0.2) is 0 Å². The number of para-hydroxylation sites is 1. The Morgan fingerprint density at radius 3 is 2.20 bits per heavy atom. The molecule has 1 N–H and O–H groups in total. The van der Waals surface area contributed by atoms with Gasteiger partial charge < -0.3 is 19.5 Å². The van der Waals surface area contributed by atoms with Crippen LogP contribution in [0.15, 0.2) is 66.7 Å². The van der Waals surface area contributed by atoms with Crippen LogP contribution in [0.25, 0.3) is 0 Å². The Morgan fingerprint density at radius 2 is 1.43 bits per heavy atom. The summed E-state index contributed by atoms with van der Waals surface area (Å²) in [6, 6.07) is 22.3. The molecule has 0 radical (unpaired) electrons. The van der Waals surface area contributed by atoms with Gasteiger partial charge in [0.15, 0.2) is 11.5 Å². The van der Waals surface area contributed by atoms with Crippen LogP contribution in [-0.4, -0.2) is 20.8 Å². The minimum absolute atomic E-state index is 0.613. The molecule has 0 bridgehead atoms. The highest BCUT2D eigenvalue weighted by Gasteiger charge is 2.10. The maximum Gasteiger partial charge on any atom is 0.162 e. The Labute approximate surface area is 183 Å². The molecule has 5 heteroatoms. The number of hydrogen-bond donors (Lipinski definition) is 1. The molecule has 4 nitrogen and oxygen atoms in total. The van der Waals surface area contributed by atoms with Crippen molar-refractivity contribution in [3.63, 3.8) is 0 Å². The Balaban J connectivity index is 1.52. The quantitative estimate of drug-likeness (QED) is 0.402. The van der Waals surface area contributed by atoms with Gasteiger partial charge in [0.05, 0.1) is 20.8 Å². The Kier molecular flexibility index (Phi) is 8.42. The summed E-state index contributed by atoms with van der Waals surface area (Å²) in [5.74, 6) is 2.21. The van der Waals surface area contributed by atoms with Crippen LogP contribution in [0.5, 0.6) is 17.2 Å². The molecular formula is C25H28ClNO3. The van der Waals surface area contributed by atoms with E-state index in [-0.39, 0.29) is 0 Å². The lowest BCUT2D eigenvalue weighted by Gasteiger charge is -2.14. The fourth-order valence-corrected chi connectivity index (χ4v) is 3.48. The van der Waals surface area contributed by atoms with E-state index in [1.54, 1.807) is 20.3 Å². The zero-order chi connectivity index (χ0) is 21.2. The summed E-state index contributed by atoms with van der Waals surface area (Å²) in [5, 5.41) is 4.09. The van der Waals surface area contributed by atoms with Gasteiger partial charge in [-0.15, -0.1) is 0 Å². The molecule has 0 saturated heterocycles. The van der Waals surface area contributed by atoms with Crippen LogP contribution < -0.4 is 19.5 Å². The highest BCUT2D eigenvalue weighted by atomic mass is 35.5. The van der Waals surface area contributed by atoms with E-state index in [0.717, 1.165) is 29.7 Å². The zero-order valence-electron chi connectivity index (χ0n) is 17.5. The molecule has 0 fully saturated rings. The van der Waals surface area contributed by atoms with Crippen molar-refractivity contribution in [3.8, 4) is 17.2 Å². The second-order valence-electron chi connectivity index (χ2n) is 6.95. The van der Waals surface area contributed by atoms with Gasteiger partial charge in [-0.2, -0.15) is 0 Å². The summed E-state index contributed by atoms with van der Waals surface area (Å²) in [5.41, 5.74) is 3.41. The van der Waals surface area contributed by atoms with Crippen LogP contribution in [-0.2, 0) is 19.5 Å². The topological polar surface area (TPSA) is 39.7 Å². The number of ether oxygens (including phenoxy) is 3. The summed E-state index contributed by atoms with van der Waals surface area (Å²) < 4.78 is 16.7. The summed E-state index contributed by atoms with van der Waals surface area (Å²) in [6.07, 6.45) is 1.99. The third kappa shape index (κ3) is 6.15. The molecule has 0 heterocycles. The van der Waals surface area contributed by atoms with Crippen LogP contribution in [0, 0.1) is 0 Å². The van der Waals surface area contributed by atoms with Gasteiger partial charge in [-0.1, -0.05) is 60.1 Å². The summed E-state index contributed by atoms with van der Waals surface area (Å²) in [7, 11) is 3.22. The standard InChI is InChI=1S/C25H28ClNO3/c1-28-24-15-21(22(26)16-25(24)29-2)18-27-17-20-12-6-7-13-23(20)30-14-8-11-19-9-4-3-5-10-19/h3-7,9-10,12-13,15-16,27H,8,11,14,17-18H2,1-2H3. The van der Waals surface area contributed by atoms with E-state index in [4.69, 9.17) is 25.8 Å². The second-order valence-corrected chi connectivity index (χ2v) is 7.35. The van der Waals surface area contributed by atoms with Gasteiger partial charge in [0.25, 0.3) is 0 Å². The molecule has 0 aromatic heterocycles. The van der Waals surface area contributed by atoms with Gasteiger partial charge in [0, 0.05) is 29.7 Å². The molecule has 3 aromatic rings. The van der Waals surface area contributed by atoms with Crippen molar-refractivity contribution in [1.29, 1.82) is 0 Å². The number of methoxy groups -OCH3 is 2. The predicted molar refractivity (Wildman–Crippen MR) is 122 cm³/mol. The minimum atomic E-state index is 0.613. The molecule has 158 valence electrons. The van der Waals surface area contributed by atoms with Crippen molar-refractivity contribution >= 4 is 11.6 Å². The SMILES string of the molecule is COc1cc(Cl)c(CNCc2ccccc2OCCCc2ccccc2)cc1OC. The predicted octanol–water partition coefficient (Wildman–Crippen LogP) is 5.66. The molecule has 3 rings (SSSR count). The van der Waals surface area contributed by atoms with Crippen LogP contribution in [0.1, 0.15) is 23.1 Å². The first-order valence-corrected chi connectivity index (χ1v) is 10.4. The molecule has 0 aliphatic heterocycles. The van der Waals surface area contributed by atoms with Crippen molar-refractivity contribution in [2.45, 2.75) is 25.9 Å². The highest BCUT2D eigenvalue weighted by Crippen LogP contribution is 2.33. The highest BCUT2D eigenvalue weighted by molar-refractivity contribution is 6.31. The lowest BCUT2D eigenvalue weighted by atomic mass is 10.1. The number of nitrogens with one attached hydrogen (secondary N) is 1. The average Bonchev–Trinajstić information content (AvgIpc) is 2.79. The molecule has 3 aromatic carbocycles. The number of hydrogen-bond acceptors (Lipinski definition) is 4. The molecule has 30 heavy (non-hydrogen) atoms. The maximum atomic E-state index is 6.38. The average molecular weight is 426 g/mol. The molecular weight excluding hydrogens is 398 g/mol. The third-order valence-corrected chi connectivity index (χ3v) is 5.22. The molecule has 0 spiro atoms. The van der Waals surface area contributed by atoms with E-state index in [1.807, 2.05) is 30.3 Å². The smallest absolute Gasteiger partial charge is 0.162 e. The fourth-order valence-electron chi connectivity index (χ4n) is 3.26. The Hall–Kier alpha value is -2.69. The molecule has 0 atom stereocenters. The van der Waals surface area contributed by atoms with Crippen molar-refractivity contribution in [2.75, 3.05) is 20.8 Å². The Bertz CT molecular complexity index is 931. The largest absolute Gasteiger partial charge is 0.493 e. The molecule has 0 unspecified atom stereocenters. The molecule has 0 saturated carbocycles. The first-order chi connectivity index (χ1) is 14.7. The van der Waals surface area contributed by atoms with E-state index in [2.05, 4.69) is 35.6 Å². The van der Waals surface area contributed by atoms with E-state index in [0.29, 0.717) is 36.2 Å². The molecule has 0 amide bonds. The van der Waals surface area contributed by atoms with Crippen LogP contribution >= 0.6 is 11.6 Å². The van der Waals surface area contributed by atoms with Crippen molar-refractivity contribution < 1.29 is 14.2 Å².